The molecule has 1 aliphatic rings. The van der Waals surface area contributed by atoms with Crippen LogP contribution in [0.25, 0.3) is 0 Å². The molecule has 1 saturated carbocycles. The molecule has 0 aliphatic heterocycles. The van der Waals surface area contributed by atoms with Crippen molar-refractivity contribution in [2.24, 2.45) is 10.4 Å². The summed E-state index contributed by atoms with van der Waals surface area (Å²) >= 11 is 0. The van der Waals surface area contributed by atoms with E-state index < -0.39 is 6.10 Å². The zero-order valence-electron chi connectivity index (χ0n) is 13.8. The number of rotatable bonds is 7. The minimum atomic E-state index is -0.662. The Balaban J connectivity index is 1.89. The lowest BCUT2D eigenvalue weighted by atomic mass is 9.84. The molecular formula is C17H29N3O2. The molecule has 1 atom stereocenters. The van der Waals surface area contributed by atoms with Gasteiger partial charge in [-0.05, 0) is 43.7 Å². The molecule has 1 aromatic rings. The molecule has 22 heavy (non-hydrogen) atoms. The van der Waals surface area contributed by atoms with Crippen LogP contribution in [0.4, 0.5) is 0 Å². The minimum Gasteiger partial charge on any atom is -0.467 e. The number of hydrogen-bond acceptors (Lipinski definition) is 3. The van der Waals surface area contributed by atoms with Crippen LogP contribution in [0, 0.1) is 5.41 Å². The van der Waals surface area contributed by atoms with Crippen LogP contribution < -0.4 is 10.6 Å². The van der Waals surface area contributed by atoms with E-state index in [1.165, 1.54) is 32.1 Å². The molecule has 5 heteroatoms. The smallest absolute Gasteiger partial charge is 0.191 e. The monoisotopic (exact) mass is 307 g/mol. The summed E-state index contributed by atoms with van der Waals surface area (Å²) in [6, 6.07) is 3.56. The fourth-order valence-corrected chi connectivity index (χ4v) is 3.11. The predicted molar refractivity (Wildman–Crippen MR) is 88.8 cm³/mol. The molecule has 0 spiro atoms. The van der Waals surface area contributed by atoms with Gasteiger partial charge in [-0.1, -0.05) is 19.8 Å². The average molecular weight is 307 g/mol. The lowest BCUT2D eigenvalue weighted by Gasteiger charge is -2.25. The first-order valence-corrected chi connectivity index (χ1v) is 8.43. The van der Waals surface area contributed by atoms with Crippen LogP contribution in [0.3, 0.4) is 0 Å². The van der Waals surface area contributed by atoms with E-state index in [4.69, 9.17) is 9.41 Å². The van der Waals surface area contributed by atoms with Crippen LogP contribution in [-0.2, 0) is 0 Å². The Labute approximate surface area is 133 Å². The second-order valence-electron chi connectivity index (χ2n) is 6.17. The Morgan fingerprint density at radius 1 is 1.36 bits per heavy atom. The van der Waals surface area contributed by atoms with E-state index in [9.17, 15) is 5.11 Å². The topological polar surface area (TPSA) is 69.8 Å². The van der Waals surface area contributed by atoms with Gasteiger partial charge in [-0.25, -0.2) is 0 Å². The first-order chi connectivity index (χ1) is 10.7. The SMILES string of the molecule is CCNC(=NCC1(CC)CCCC1)NCC(O)c1ccco1. The zero-order valence-corrected chi connectivity index (χ0v) is 13.8. The highest BCUT2D eigenvalue weighted by molar-refractivity contribution is 5.79. The fourth-order valence-electron chi connectivity index (χ4n) is 3.11. The Morgan fingerprint density at radius 2 is 2.14 bits per heavy atom. The van der Waals surface area contributed by atoms with Crippen LogP contribution in [0.15, 0.2) is 27.8 Å². The Hall–Kier alpha value is -1.49. The number of aliphatic imine (C=N–C) groups is 1. The Bertz CT molecular complexity index is 450. The lowest BCUT2D eigenvalue weighted by molar-refractivity contribution is 0.153. The second-order valence-corrected chi connectivity index (χ2v) is 6.17. The maximum atomic E-state index is 10.1. The van der Waals surface area contributed by atoms with Gasteiger partial charge in [0.2, 0.25) is 0 Å². The van der Waals surface area contributed by atoms with Gasteiger partial charge in [0, 0.05) is 13.1 Å². The second kappa shape index (κ2) is 8.22. The molecular weight excluding hydrogens is 278 g/mol. The van der Waals surface area contributed by atoms with Crippen molar-refractivity contribution in [3.05, 3.63) is 24.2 Å². The standard InChI is InChI=1S/C17H29N3O2/c1-3-17(9-5-6-10-17)13-20-16(18-4-2)19-12-14(21)15-8-7-11-22-15/h7-8,11,14,21H,3-6,9-10,12-13H2,1-2H3,(H2,18,19,20). The van der Waals surface area contributed by atoms with E-state index in [1.807, 2.05) is 6.92 Å². The maximum Gasteiger partial charge on any atom is 0.191 e. The molecule has 0 amide bonds. The molecule has 3 N–H and O–H groups in total. The highest BCUT2D eigenvalue weighted by Gasteiger charge is 2.31. The molecule has 124 valence electrons. The van der Waals surface area contributed by atoms with Gasteiger partial charge in [-0.15, -0.1) is 0 Å². The summed E-state index contributed by atoms with van der Waals surface area (Å²) in [6.07, 6.45) is 7.30. The Kier molecular flexibility index (Phi) is 6.31. The minimum absolute atomic E-state index is 0.377. The molecule has 1 fully saturated rings. The van der Waals surface area contributed by atoms with Crippen LogP contribution in [0.2, 0.25) is 0 Å². The zero-order chi connectivity index (χ0) is 15.8. The summed E-state index contributed by atoms with van der Waals surface area (Å²) in [7, 11) is 0. The van der Waals surface area contributed by atoms with E-state index in [0.717, 1.165) is 19.0 Å². The molecule has 0 radical (unpaired) electrons. The first-order valence-electron chi connectivity index (χ1n) is 8.43. The third-order valence-corrected chi connectivity index (χ3v) is 4.67. The summed E-state index contributed by atoms with van der Waals surface area (Å²) in [5.41, 5.74) is 0.377. The van der Waals surface area contributed by atoms with Crippen molar-refractivity contribution in [2.45, 2.75) is 52.1 Å². The van der Waals surface area contributed by atoms with Gasteiger partial charge in [-0.3, -0.25) is 4.99 Å². The van der Waals surface area contributed by atoms with Crippen molar-refractivity contribution in [2.75, 3.05) is 19.6 Å². The molecule has 2 rings (SSSR count). The number of hydrogen-bond donors (Lipinski definition) is 3. The number of guanidine groups is 1. The molecule has 1 heterocycles. The van der Waals surface area contributed by atoms with Gasteiger partial charge in [0.15, 0.2) is 5.96 Å². The average Bonchev–Trinajstić information content (AvgIpc) is 3.21. The number of furan rings is 1. The van der Waals surface area contributed by atoms with Gasteiger partial charge < -0.3 is 20.2 Å². The molecule has 5 nitrogen and oxygen atoms in total. The van der Waals surface area contributed by atoms with Gasteiger partial charge in [0.05, 0.1) is 12.8 Å². The summed E-state index contributed by atoms with van der Waals surface area (Å²) < 4.78 is 5.21. The van der Waals surface area contributed by atoms with Crippen molar-refractivity contribution < 1.29 is 9.52 Å². The van der Waals surface area contributed by atoms with E-state index in [0.29, 0.717) is 17.7 Å². The molecule has 0 bridgehead atoms. The van der Waals surface area contributed by atoms with Crippen molar-refractivity contribution in [3.8, 4) is 0 Å². The predicted octanol–water partition coefficient (Wildman–Crippen LogP) is 2.84. The Morgan fingerprint density at radius 3 is 2.73 bits per heavy atom. The molecule has 1 aromatic heterocycles. The van der Waals surface area contributed by atoms with Crippen molar-refractivity contribution >= 4 is 5.96 Å². The summed E-state index contributed by atoms with van der Waals surface area (Å²) in [5.74, 6) is 1.34. The number of aliphatic hydroxyl groups is 1. The quantitative estimate of drug-likeness (QED) is 0.535. The van der Waals surface area contributed by atoms with Gasteiger partial charge in [0.25, 0.3) is 0 Å². The van der Waals surface area contributed by atoms with Crippen molar-refractivity contribution in [1.29, 1.82) is 0 Å². The maximum absolute atomic E-state index is 10.1. The largest absolute Gasteiger partial charge is 0.467 e. The van der Waals surface area contributed by atoms with Crippen molar-refractivity contribution in [3.63, 3.8) is 0 Å². The normalized spacial score (nSPS) is 19.1. The molecule has 1 unspecified atom stereocenters. The van der Waals surface area contributed by atoms with Crippen LogP contribution in [-0.4, -0.2) is 30.7 Å². The van der Waals surface area contributed by atoms with Crippen molar-refractivity contribution in [1.82, 2.24) is 10.6 Å². The third-order valence-electron chi connectivity index (χ3n) is 4.67. The summed E-state index contributed by atoms with van der Waals surface area (Å²) in [4.78, 5) is 4.74. The molecule has 0 aromatic carbocycles. The van der Waals surface area contributed by atoms with E-state index in [-0.39, 0.29) is 0 Å². The number of nitrogens with zero attached hydrogens (tertiary/aromatic N) is 1. The van der Waals surface area contributed by atoms with Gasteiger partial charge >= 0.3 is 0 Å². The van der Waals surface area contributed by atoms with E-state index in [1.54, 1.807) is 18.4 Å². The highest BCUT2D eigenvalue weighted by Crippen LogP contribution is 2.41. The first kappa shape index (κ1) is 16.9. The molecule has 0 saturated heterocycles. The lowest BCUT2D eigenvalue weighted by Crippen LogP contribution is -2.40. The number of aliphatic hydroxyl groups excluding tert-OH is 1. The highest BCUT2D eigenvalue weighted by atomic mass is 16.4. The number of nitrogens with one attached hydrogen (secondary N) is 2. The third kappa shape index (κ3) is 4.50. The van der Waals surface area contributed by atoms with Crippen LogP contribution in [0.1, 0.15) is 57.8 Å². The summed E-state index contributed by atoms with van der Waals surface area (Å²) in [5, 5.41) is 16.5. The summed E-state index contributed by atoms with van der Waals surface area (Å²) in [6.45, 7) is 6.36. The molecule has 1 aliphatic carbocycles. The van der Waals surface area contributed by atoms with Crippen LogP contribution in [0.5, 0.6) is 0 Å². The van der Waals surface area contributed by atoms with E-state index in [2.05, 4.69) is 17.6 Å². The van der Waals surface area contributed by atoms with E-state index >= 15 is 0 Å². The van der Waals surface area contributed by atoms with Crippen LogP contribution >= 0.6 is 0 Å². The van der Waals surface area contributed by atoms with Gasteiger partial charge in [-0.2, -0.15) is 0 Å². The van der Waals surface area contributed by atoms with Gasteiger partial charge in [0.1, 0.15) is 11.9 Å². The fraction of sp³-hybridized carbons (Fsp3) is 0.706.